The van der Waals surface area contributed by atoms with E-state index in [1.807, 2.05) is 0 Å². The first kappa shape index (κ1) is 6.44. The molecule has 0 aromatic heterocycles. The van der Waals surface area contributed by atoms with Crippen molar-refractivity contribution < 1.29 is 10.2 Å². The van der Waals surface area contributed by atoms with Crippen LogP contribution >= 0.6 is 0 Å². The smallest absolute Gasteiger partial charge is 0.0794 e. The van der Waals surface area contributed by atoms with Gasteiger partial charge in [-0.05, 0) is 25.7 Å². The Bertz CT molecular complexity index is 196. The van der Waals surface area contributed by atoms with Gasteiger partial charge in [0.2, 0.25) is 0 Å². The van der Waals surface area contributed by atoms with E-state index in [1.54, 1.807) is 0 Å². The maximum Gasteiger partial charge on any atom is 0.0794 e. The average Bonchev–Trinajstić information content (AvgIpc) is 2.83. The predicted molar refractivity (Wildman–Crippen MR) is 40.0 cm³/mol. The van der Waals surface area contributed by atoms with Gasteiger partial charge in [-0.2, -0.15) is 0 Å². The molecule has 62 valence electrons. The summed E-state index contributed by atoms with van der Waals surface area (Å²) in [5.41, 5.74) is 0.181. The summed E-state index contributed by atoms with van der Waals surface area (Å²) in [5, 5.41) is 19.0. The van der Waals surface area contributed by atoms with E-state index in [2.05, 4.69) is 0 Å². The molecule has 0 heterocycles. The van der Waals surface area contributed by atoms with Crippen LogP contribution in [0.3, 0.4) is 0 Å². The van der Waals surface area contributed by atoms with Crippen LogP contribution in [0, 0.1) is 10.8 Å². The van der Waals surface area contributed by atoms with Gasteiger partial charge in [0.1, 0.15) is 0 Å². The van der Waals surface area contributed by atoms with Gasteiger partial charge >= 0.3 is 0 Å². The van der Waals surface area contributed by atoms with Crippen molar-refractivity contribution in [3.63, 3.8) is 0 Å². The number of hydrogen-bond acceptors (Lipinski definition) is 2. The molecule has 2 spiro atoms. The zero-order chi connectivity index (χ0) is 7.74. The number of hydrogen-bond donors (Lipinski definition) is 2. The van der Waals surface area contributed by atoms with E-state index in [-0.39, 0.29) is 6.61 Å². The molecule has 3 saturated carbocycles. The third kappa shape index (κ3) is 0.411. The summed E-state index contributed by atoms with van der Waals surface area (Å²) in [5.74, 6) is 0. The zero-order valence-corrected chi connectivity index (χ0v) is 6.64. The van der Waals surface area contributed by atoms with Crippen LogP contribution in [0.4, 0.5) is 0 Å². The van der Waals surface area contributed by atoms with Crippen LogP contribution in [0.2, 0.25) is 0 Å². The van der Waals surface area contributed by atoms with Gasteiger partial charge in [0.05, 0.1) is 5.60 Å². The van der Waals surface area contributed by atoms with Crippen LogP contribution in [0.5, 0.6) is 0 Å². The first-order valence-electron chi connectivity index (χ1n) is 4.56. The largest absolute Gasteiger partial charge is 0.396 e. The lowest BCUT2D eigenvalue weighted by Gasteiger charge is -2.06. The Kier molecular flexibility index (Phi) is 0.807. The average molecular weight is 154 g/mol. The van der Waals surface area contributed by atoms with Crippen LogP contribution < -0.4 is 0 Å². The van der Waals surface area contributed by atoms with Gasteiger partial charge in [0, 0.05) is 23.9 Å². The standard InChI is InChI=1S/C9H14O2/c10-6-5-9(11)7(1-2-7)8(9)3-4-8/h10-11H,1-6H2. The summed E-state index contributed by atoms with van der Waals surface area (Å²) in [7, 11) is 0. The highest BCUT2D eigenvalue weighted by Gasteiger charge is 2.94. The molecule has 2 nitrogen and oxygen atoms in total. The van der Waals surface area contributed by atoms with Gasteiger partial charge in [-0.1, -0.05) is 0 Å². The van der Waals surface area contributed by atoms with Crippen molar-refractivity contribution in [1.82, 2.24) is 0 Å². The van der Waals surface area contributed by atoms with E-state index in [0.29, 0.717) is 17.3 Å². The fourth-order valence-electron chi connectivity index (χ4n) is 3.58. The molecule has 3 aliphatic carbocycles. The topological polar surface area (TPSA) is 40.5 Å². The Balaban J connectivity index is 1.90. The van der Waals surface area contributed by atoms with Crippen LogP contribution in [0.25, 0.3) is 0 Å². The molecule has 2 heteroatoms. The Morgan fingerprint density at radius 1 is 1.00 bits per heavy atom. The maximum atomic E-state index is 10.1. The van der Waals surface area contributed by atoms with Gasteiger partial charge in [-0.15, -0.1) is 0 Å². The third-order valence-corrected chi connectivity index (χ3v) is 4.41. The van der Waals surface area contributed by atoms with Gasteiger partial charge in [0.15, 0.2) is 0 Å². The molecule has 0 aliphatic heterocycles. The Morgan fingerprint density at radius 2 is 1.45 bits per heavy atom. The van der Waals surface area contributed by atoms with E-state index in [1.165, 1.54) is 25.7 Å². The second-order valence-corrected chi connectivity index (χ2v) is 4.50. The molecule has 0 aromatic rings. The summed E-state index contributed by atoms with van der Waals surface area (Å²) in [6.45, 7) is 0.153. The van der Waals surface area contributed by atoms with E-state index >= 15 is 0 Å². The molecule has 0 amide bonds. The van der Waals surface area contributed by atoms with Crippen molar-refractivity contribution in [3.8, 4) is 0 Å². The fourth-order valence-corrected chi connectivity index (χ4v) is 3.58. The quantitative estimate of drug-likeness (QED) is 0.614. The summed E-state index contributed by atoms with van der Waals surface area (Å²) in [4.78, 5) is 0. The van der Waals surface area contributed by atoms with Crippen LogP contribution in [-0.4, -0.2) is 22.4 Å². The molecule has 0 saturated heterocycles. The summed E-state index contributed by atoms with van der Waals surface area (Å²) in [6, 6.07) is 0. The number of aliphatic hydroxyl groups is 2. The minimum atomic E-state index is -0.436. The summed E-state index contributed by atoms with van der Waals surface area (Å²) in [6.07, 6.45) is 5.47. The van der Waals surface area contributed by atoms with Crippen molar-refractivity contribution in [2.45, 2.75) is 37.7 Å². The molecule has 0 atom stereocenters. The molecule has 3 fully saturated rings. The molecule has 0 bridgehead atoms. The normalized spacial score (nSPS) is 46.4. The Morgan fingerprint density at radius 3 is 1.73 bits per heavy atom. The van der Waals surface area contributed by atoms with Crippen LogP contribution in [-0.2, 0) is 0 Å². The summed E-state index contributed by atoms with van der Waals surface area (Å²) >= 11 is 0. The highest BCUT2D eigenvalue weighted by molar-refractivity contribution is 5.43. The molecule has 2 N–H and O–H groups in total. The zero-order valence-electron chi connectivity index (χ0n) is 6.64. The number of rotatable bonds is 2. The number of aliphatic hydroxyl groups excluding tert-OH is 1. The number of fused-ring (bicyclic) bond motifs is 1. The van der Waals surface area contributed by atoms with Gasteiger partial charge < -0.3 is 10.2 Å². The molecule has 0 unspecified atom stereocenters. The maximum absolute atomic E-state index is 10.1. The fraction of sp³-hybridized carbons (Fsp3) is 1.00. The van der Waals surface area contributed by atoms with Crippen LogP contribution in [0.15, 0.2) is 0 Å². The molecular formula is C9H14O2. The van der Waals surface area contributed by atoms with E-state index in [0.717, 1.165) is 0 Å². The minimum absolute atomic E-state index is 0.153. The SMILES string of the molecule is OCCC1(O)C2(CC2)C12CC2. The molecule has 11 heavy (non-hydrogen) atoms. The monoisotopic (exact) mass is 154 g/mol. The van der Waals surface area contributed by atoms with E-state index in [9.17, 15) is 5.11 Å². The lowest BCUT2D eigenvalue weighted by atomic mass is 10.1. The molecule has 0 radical (unpaired) electrons. The minimum Gasteiger partial charge on any atom is -0.396 e. The van der Waals surface area contributed by atoms with Gasteiger partial charge in [-0.3, -0.25) is 0 Å². The third-order valence-electron chi connectivity index (χ3n) is 4.41. The lowest BCUT2D eigenvalue weighted by Crippen LogP contribution is -2.15. The molecular weight excluding hydrogens is 140 g/mol. The van der Waals surface area contributed by atoms with E-state index < -0.39 is 5.60 Å². The first-order chi connectivity index (χ1) is 5.22. The second kappa shape index (κ2) is 1.38. The predicted octanol–water partition coefficient (Wildman–Crippen LogP) is 0.674. The van der Waals surface area contributed by atoms with Gasteiger partial charge in [0.25, 0.3) is 0 Å². The van der Waals surface area contributed by atoms with Crippen molar-refractivity contribution in [2.75, 3.05) is 6.61 Å². The van der Waals surface area contributed by atoms with Crippen molar-refractivity contribution >= 4 is 0 Å². The molecule has 3 rings (SSSR count). The Hall–Kier alpha value is -0.0800. The van der Waals surface area contributed by atoms with E-state index in [4.69, 9.17) is 5.11 Å². The molecule has 3 aliphatic rings. The van der Waals surface area contributed by atoms with Crippen molar-refractivity contribution in [3.05, 3.63) is 0 Å². The molecule has 0 aromatic carbocycles. The second-order valence-electron chi connectivity index (χ2n) is 4.50. The highest BCUT2D eigenvalue weighted by Crippen LogP contribution is 2.94. The van der Waals surface area contributed by atoms with Crippen LogP contribution in [0.1, 0.15) is 32.1 Å². The van der Waals surface area contributed by atoms with Crippen molar-refractivity contribution in [2.24, 2.45) is 10.8 Å². The Labute approximate surface area is 66.2 Å². The van der Waals surface area contributed by atoms with Crippen molar-refractivity contribution in [1.29, 1.82) is 0 Å². The highest BCUT2D eigenvalue weighted by atomic mass is 16.3. The van der Waals surface area contributed by atoms with Gasteiger partial charge in [-0.25, -0.2) is 0 Å². The summed E-state index contributed by atoms with van der Waals surface area (Å²) < 4.78 is 0. The first-order valence-corrected chi connectivity index (χ1v) is 4.56. The lowest BCUT2D eigenvalue weighted by molar-refractivity contribution is 0.0775.